The molecule has 0 bridgehead atoms. The first-order valence-corrected chi connectivity index (χ1v) is 10.5. The fraction of sp³-hybridized carbons (Fsp3) is 0.0500. The summed E-state index contributed by atoms with van der Waals surface area (Å²) in [6.45, 7) is 0. The van der Waals surface area contributed by atoms with E-state index in [9.17, 15) is 13.2 Å². The van der Waals surface area contributed by atoms with Gasteiger partial charge in [-0.1, -0.05) is 24.0 Å². The SMILES string of the molecule is O=C1Cc2cc(S(=O)(=O)Nc3cccc(C#Cc4cccs4)c3)ccc2N1. The van der Waals surface area contributed by atoms with Gasteiger partial charge in [0.25, 0.3) is 10.0 Å². The van der Waals surface area contributed by atoms with Gasteiger partial charge in [-0.2, -0.15) is 0 Å². The van der Waals surface area contributed by atoms with Crippen LogP contribution in [-0.4, -0.2) is 14.3 Å². The molecule has 1 aliphatic heterocycles. The Balaban J connectivity index is 1.57. The Bertz CT molecular complexity index is 1190. The smallest absolute Gasteiger partial charge is 0.261 e. The number of sulfonamides is 1. The number of hydrogen-bond acceptors (Lipinski definition) is 4. The highest BCUT2D eigenvalue weighted by Gasteiger charge is 2.21. The normalized spacial score (nSPS) is 12.7. The Morgan fingerprint density at radius 3 is 2.74 bits per heavy atom. The third-order valence-corrected chi connectivity index (χ3v) is 6.14. The minimum absolute atomic E-state index is 0.118. The molecule has 2 heterocycles. The molecule has 7 heteroatoms. The quantitative estimate of drug-likeness (QED) is 0.668. The van der Waals surface area contributed by atoms with Gasteiger partial charge in [0.2, 0.25) is 5.91 Å². The number of hydrogen-bond donors (Lipinski definition) is 2. The summed E-state index contributed by atoms with van der Waals surface area (Å²) in [6.07, 6.45) is 0.187. The first kappa shape index (κ1) is 17.3. The molecule has 134 valence electrons. The van der Waals surface area contributed by atoms with E-state index in [0.29, 0.717) is 22.5 Å². The van der Waals surface area contributed by atoms with E-state index in [1.54, 1.807) is 35.6 Å². The van der Waals surface area contributed by atoms with Gasteiger partial charge in [-0.15, -0.1) is 11.3 Å². The van der Waals surface area contributed by atoms with Gasteiger partial charge in [0, 0.05) is 11.3 Å². The van der Waals surface area contributed by atoms with Gasteiger partial charge in [-0.05, 0) is 53.4 Å². The highest BCUT2D eigenvalue weighted by atomic mass is 32.2. The maximum atomic E-state index is 12.7. The van der Waals surface area contributed by atoms with E-state index in [2.05, 4.69) is 21.9 Å². The van der Waals surface area contributed by atoms with Crippen molar-refractivity contribution in [3.63, 3.8) is 0 Å². The topological polar surface area (TPSA) is 75.3 Å². The molecule has 0 spiro atoms. The lowest BCUT2D eigenvalue weighted by atomic mass is 10.2. The predicted molar refractivity (Wildman–Crippen MR) is 106 cm³/mol. The zero-order valence-electron chi connectivity index (χ0n) is 14.0. The van der Waals surface area contributed by atoms with Gasteiger partial charge in [-0.25, -0.2) is 8.42 Å². The second-order valence-electron chi connectivity index (χ2n) is 5.96. The predicted octanol–water partition coefficient (Wildman–Crippen LogP) is 3.44. The van der Waals surface area contributed by atoms with Crippen LogP contribution in [0.2, 0.25) is 0 Å². The number of fused-ring (bicyclic) bond motifs is 1. The van der Waals surface area contributed by atoms with Crippen molar-refractivity contribution in [1.29, 1.82) is 0 Å². The highest BCUT2D eigenvalue weighted by molar-refractivity contribution is 7.92. The summed E-state index contributed by atoms with van der Waals surface area (Å²) in [5, 5.41) is 4.64. The molecular formula is C20H14N2O3S2. The van der Waals surface area contributed by atoms with Crippen molar-refractivity contribution in [1.82, 2.24) is 0 Å². The van der Waals surface area contributed by atoms with Crippen LogP contribution in [0, 0.1) is 11.8 Å². The molecule has 1 amide bonds. The van der Waals surface area contributed by atoms with E-state index in [-0.39, 0.29) is 17.2 Å². The van der Waals surface area contributed by atoms with Crippen molar-refractivity contribution in [2.24, 2.45) is 0 Å². The summed E-state index contributed by atoms with van der Waals surface area (Å²) in [5.74, 6) is 5.94. The number of benzene rings is 2. The van der Waals surface area contributed by atoms with Gasteiger partial charge in [0.05, 0.1) is 21.9 Å². The monoisotopic (exact) mass is 394 g/mol. The van der Waals surface area contributed by atoms with E-state index in [1.807, 2.05) is 23.6 Å². The Morgan fingerprint density at radius 2 is 1.93 bits per heavy atom. The molecule has 1 aromatic heterocycles. The van der Waals surface area contributed by atoms with Crippen molar-refractivity contribution in [3.8, 4) is 11.8 Å². The first-order valence-electron chi connectivity index (χ1n) is 8.11. The molecule has 5 nitrogen and oxygen atoms in total. The molecule has 4 rings (SSSR count). The van der Waals surface area contributed by atoms with Crippen molar-refractivity contribution < 1.29 is 13.2 Å². The Hall–Kier alpha value is -3.08. The first-order chi connectivity index (χ1) is 13.0. The second kappa shape index (κ2) is 6.91. The van der Waals surface area contributed by atoms with Crippen molar-refractivity contribution in [3.05, 3.63) is 76.0 Å². The zero-order valence-corrected chi connectivity index (χ0v) is 15.7. The number of anilines is 2. The van der Waals surface area contributed by atoms with Gasteiger partial charge in [-0.3, -0.25) is 9.52 Å². The van der Waals surface area contributed by atoms with Crippen LogP contribution in [0.25, 0.3) is 0 Å². The Labute approximate surface area is 161 Å². The van der Waals surface area contributed by atoms with Gasteiger partial charge in [0.15, 0.2) is 0 Å². The van der Waals surface area contributed by atoms with E-state index in [1.165, 1.54) is 12.1 Å². The summed E-state index contributed by atoms with van der Waals surface area (Å²) in [7, 11) is -3.76. The van der Waals surface area contributed by atoms with Crippen LogP contribution in [0.5, 0.6) is 0 Å². The third kappa shape index (κ3) is 3.87. The van der Waals surface area contributed by atoms with Crippen molar-refractivity contribution in [2.75, 3.05) is 10.0 Å². The highest BCUT2D eigenvalue weighted by Crippen LogP contribution is 2.27. The molecule has 3 aromatic rings. The number of thiophene rings is 1. The largest absolute Gasteiger partial charge is 0.326 e. The van der Waals surface area contributed by atoms with Crippen LogP contribution in [0.4, 0.5) is 11.4 Å². The van der Waals surface area contributed by atoms with E-state index < -0.39 is 10.0 Å². The minimum atomic E-state index is -3.76. The van der Waals surface area contributed by atoms with Crippen LogP contribution in [0.3, 0.4) is 0 Å². The van der Waals surface area contributed by atoms with Crippen LogP contribution in [0.15, 0.2) is 64.9 Å². The molecule has 0 unspecified atom stereocenters. The maximum absolute atomic E-state index is 12.7. The van der Waals surface area contributed by atoms with Crippen molar-refractivity contribution >= 4 is 38.6 Å². The fourth-order valence-electron chi connectivity index (χ4n) is 2.73. The number of rotatable bonds is 3. The lowest BCUT2D eigenvalue weighted by Gasteiger charge is -2.09. The summed E-state index contributed by atoms with van der Waals surface area (Å²) >= 11 is 1.55. The molecule has 2 aromatic carbocycles. The minimum Gasteiger partial charge on any atom is -0.326 e. The summed E-state index contributed by atoms with van der Waals surface area (Å²) in [4.78, 5) is 12.5. The van der Waals surface area contributed by atoms with Crippen LogP contribution >= 0.6 is 11.3 Å². The summed E-state index contributed by atoms with van der Waals surface area (Å²) < 4.78 is 27.9. The Morgan fingerprint density at radius 1 is 1.04 bits per heavy atom. The Kier molecular flexibility index (Phi) is 4.44. The average Bonchev–Trinajstić information content (AvgIpc) is 3.27. The van der Waals surface area contributed by atoms with E-state index in [4.69, 9.17) is 0 Å². The molecule has 0 aliphatic carbocycles. The van der Waals surface area contributed by atoms with Crippen molar-refractivity contribution in [2.45, 2.75) is 11.3 Å². The summed E-state index contributed by atoms with van der Waals surface area (Å²) in [5.41, 5.74) is 2.48. The number of carbonyl (C=O) groups is 1. The molecule has 0 fully saturated rings. The van der Waals surface area contributed by atoms with Gasteiger partial charge >= 0.3 is 0 Å². The van der Waals surface area contributed by atoms with E-state index in [0.717, 1.165) is 4.88 Å². The molecular weight excluding hydrogens is 380 g/mol. The molecule has 0 saturated heterocycles. The molecule has 0 atom stereocenters. The lowest BCUT2D eigenvalue weighted by molar-refractivity contribution is -0.115. The van der Waals surface area contributed by atoms with Gasteiger partial charge in [0.1, 0.15) is 0 Å². The molecule has 27 heavy (non-hydrogen) atoms. The molecule has 0 radical (unpaired) electrons. The number of carbonyl (C=O) groups excluding carboxylic acids is 1. The van der Waals surface area contributed by atoms with Gasteiger partial charge < -0.3 is 5.32 Å². The van der Waals surface area contributed by atoms with E-state index >= 15 is 0 Å². The van der Waals surface area contributed by atoms with Crippen LogP contribution in [-0.2, 0) is 21.2 Å². The average molecular weight is 394 g/mol. The zero-order chi connectivity index (χ0) is 18.9. The summed E-state index contributed by atoms with van der Waals surface area (Å²) in [6, 6.07) is 15.4. The third-order valence-electron chi connectivity index (χ3n) is 3.98. The molecule has 1 aliphatic rings. The van der Waals surface area contributed by atoms with Crippen LogP contribution < -0.4 is 10.0 Å². The lowest BCUT2D eigenvalue weighted by Crippen LogP contribution is -2.13. The maximum Gasteiger partial charge on any atom is 0.261 e. The fourth-order valence-corrected chi connectivity index (χ4v) is 4.40. The molecule has 0 saturated carbocycles. The second-order valence-corrected chi connectivity index (χ2v) is 8.59. The number of nitrogens with one attached hydrogen (secondary N) is 2. The van der Waals surface area contributed by atoms with Crippen LogP contribution in [0.1, 0.15) is 16.0 Å². The number of amides is 1. The molecule has 2 N–H and O–H groups in total. The standard InChI is InChI=1S/C20H14N2O3S2/c23-20-13-15-12-18(8-9-19(15)21-20)27(24,25)22-16-4-1-3-14(11-16)6-7-17-5-2-10-26-17/h1-5,8-12,22H,13H2,(H,21,23).